The Labute approximate surface area is 35.8 Å². The molecule has 3 N–H and O–H groups in total. The first-order valence-corrected chi connectivity index (χ1v) is 1.47. The lowest BCUT2D eigenvalue weighted by Gasteiger charge is -1.88. The van der Waals surface area contributed by atoms with Gasteiger partial charge in [-0.05, 0) is 6.92 Å². The van der Waals surface area contributed by atoms with E-state index in [1.807, 2.05) is 0 Å². The van der Waals surface area contributed by atoms with Gasteiger partial charge in [-0.2, -0.15) is 0 Å². The first-order chi connectivity index (χ1) is 2.64. The molecule has 0 aliphatic carbocycles. The molecular weight excluding hydrogens is 82.0 g/mol. The summed E-state index contributed by atoms with van der Waals surface area (Å²) >= 11 is 0. The van der Waals surface area contributed by atoms with Crippen LogP contribution in [0.2, 0.25) is 0 Å². The number of hydrogen-bond donors (Lipinski definition) is 2. The second-order valence-corrected chi connectivity index (χ2v) is 0.950. The molecule has 0 saturated carbocycles. The van der Waals surface area contributed by atoms with Crippen molar-refractivity contribution in [2.24, 2.45) is 5.73 Å². The molecule has 0 aromatic rings. The lowest BCUT2D eigenvalue weighted by atomic mass is 10.4. The van der Waals surface area contributed by atoms with E-state index in [9.17, 15) is 4.79 Å². The number of carbonyl (C=O) groups is 1. The topological polar surface area (TPSA) is 63.3 Å². The highest BCUT2D eigenvalue weighted by Crippen LogP contribution is 1.82. The Morgan fingerprint density at radius 1 is 1.83 bits per heavy atom. The van der Waals surface area contributed by atoms with Crippen molar-refractivity contribution in [2.45, 2.75) is 6.92 Å². The monoisotopic (exact) mass is 88.0 g/mol. The number of primary amides is 1. The van der Waals surface area contributed by atoms with E-state index in [2.05, 4.69) is 5.73 Å². The molecule has 0 atom stereocenters. The standard InChI is InChI=1S/C3H6NO2/c1-2(5)3(4)6/h5H,1H3,(H2,4,6). The van der Waals surface area contributed by atoms with Gasteiger partial charge in [0, 0.05) is 0 Å². The van der Waals surface area contributed by atoms with Crippen LogP contribution in [-0.2, 0) is 4.79 Å². The van der Waals surface area contributed by atoms with Gasteiger partial charge in [0.05, 0.1) is 0 Å². The molecule has 0 saturated heterocycles. The molecule has 0 aromatic carbocycles. The van der Waals surface area contributed by atoms with Crippen LogP contribution < -0.4 is 5.73 Å². The second kappa shape index (κ2) is 1.77. The molecule has 0 aliphatic rings. The molecule has 35 valence electrons. The highest BCUT2D eigenvalue weighted by atomic mass is 16.3. The Balaban J connectivity index is 3.26. The fourth-order valence-corrected chi connectivity index (χ4v) is 0. The number of hydrogen-bond acceptors (Lipinski definition) is 2. The summed E-state index contributed by atoms with van der Waals surface area (Å²) in [5.41, 5.74) is 4.51. The van der Waals surface area contributed by atoms with Crippen LogP contribution in [0.1, 0.15) is 6.92 Å². The third-order valence-corrected chi connectivity index (χ3v) is 0.357. The van der Waals surface area contributed by atoms with Crippen LogP contribution in [0.25, 0.3) is 0 Å². The summed E-state index contributed by atoms with van der Waals surface area (Å²) in [5, 5.41) is 8.07. The third-order valence-electron chi connectivity index (χ3n) is 0.357. The summed E-state index contributed by atoms with van der Waals surface area (Å²) in [7, 11) is 0. The van der Waals surface area contributed by atoms with Gasteiger partial charge < -0.3 is 10.8 Å². The fourth-order valence-electron chi connectivity index (χ4n) is 0. The number of carbonyl (C=O) groups excluding carboxylic acids is 1. The zero-order chi connectivity index (χ0) is 5.15. The van der Waals surface area contributed by atoms with Crippen LogP contribution >= 0.6 is 0 Å². The van der Waals surface area contributed by atoms with E-state index in [4.69, 9.17) is 5.11 Å². The Hall–Kier alpha value is -0.570. The van der Waals surface area contributed by atoms with Gasteiger partial charge >= 0.3 is 0 Å². The molecule has 0 fully saturated rings. The summed E-state index contributed by atoms with van der Waals surface area (Å²) in [4.78, 5) is 9.63. The van der Waals surface area contributed by atoms with Crippen LogP contribution in [0.15, 0.2) is 0 Å². The second-order valence-electron chi connectivity index (χ2n) is 0.950. The normalized spacial score (nSPS) is 9.17. The van der Waals surface area contributed by atoms with Gasteiger partial charge in [-0.25, -0.2) is 0 Å². The van der Waals surface area contributed by atoms with Crippen molar-refractivity contribution in [3.63, 3.8) is 0 Å². The molecular formula is C3H6NO2. The van der Waals surface area contributed by atoms with Crippen molar-refractivity contribution in [3.8, 4) is 0 Å². The van der Waals surface area contributed by atoms with Crippen molar-refractivity contribution < 1.29 is 9.90 Å². The van der Waals surface area contributed by atoms with E-state index in [0.29, 0.717) is 0 Å². The van der Waals surface area contributed by atoms with Crippen LogP contribution in [-0.4, -0.2) is 11.0 Å². The first kappa shape index (κ1) is 5.43. The highest BCUT2D eigenvalue weighted by molar-refractivity contribution is 5.85. The van der Waals surface area contributed by atoms with Crippen molar-refractivity contribution in [2.75, 3.05) is 0 Å². The van der Waals surface area contributed by atoms with Crippen LogP contribution in [0.3, 0.4) is 0 Å². The average Bonchev–Trinajstić information content (AvgIpc) is 1.36. The van der Waals surface area contributed by atoms with E-state index >= 15 is 0 Å². The maximum Gasteiger partial charge on any atom is 0.252 e. The Morgan fingerprint density at radius 2 is 2.00 bits per heavy atom. The minimum atomic E-state index is -0.769. The predicted octanol–water partition coefficient (Wildman–Crippen LogP) is -0.604. The zero-order valence-electron chi connectivity index (χ0n) is 3.43. The van der Waals surface area contributed by atoms with E-state index in [1.54, 1.807) is 0 Å². The maximum atomic E-state index is 9.63. The number of aliphatic hydroxyl groups is 1. The van der Waals surface area contributed by atoms with Gasteiger partial charge in [-0.1, -0.05) is 0 Å². The predicted molar refractivity (Wildman–Crippen MR) is 20.0 cm³/mol. The molecule has 0 unspecified atom stereocenters. The van der Waals surface area contributed by atoms with Gasteiger partial charge in [0.1, 0.15) is 0 Å². The number of aliphatic hydroxyl groups excluding tert-OH is 1. The number of rotatable bonds is 1. The van der Waals surface area contributed by atoms with Crippen LogP contribution in [0.4, 0.5) is 0 Å². The molecule has 3 heteroatoms. The SMILES string of the molecule is C[C](O)C(N)=O. The van der Waals surface area contributed by atoms with Gasteiger partial charge in [0.25, 0.3) is 5.91 Å². The van der Waals surface area contributed by atoms with Crippen molar-refractivity contribution in [1.82, 2.24) is 0 Å². The molecule has 0 aliphatic heterocycles. The molecule has 0 rings (SSSR count). The number of nitrogens with two attached hydrogens (primary N) is 1. The molecule has 0 bridgehead atoms. The minimum absolute atomic E-state index is 0.352. The fraction of sp³-hybridized carbons (Fsp3) is 0.333. The molecule has 6 heavy (non-hydrogen) atoms. The van der Waals surface area contributed by atoms with Crippen LogP contribution in [0, 0.1) is 6.10 Å². The summed E-state index contributed by atoms with van der Waals surface area (Å²) in [6.45, 7) is 1.24. The third kappa shape index (κ3) is 1.72. The molecule has 0 aromatic heterocycles. The van der Waals surface area contributed by atoms with Crippen LogP contribution in [0.5, 0.6) is 0 Å². The van der Waals surface area contributed by atoms with Gasteiger partial charge in [-0.15, -0.1) is 0 Å². The summed E-state index contributed by atoms with van der Waals surface area (Å²) in [5.74, 6) is -0.769. The first-order valence-electron chi connectivity index (χ1n) is 1.47. The van der Waals surface area contributed by atoms with E-state index in [0.717, 1.165) is 0 Å². The molecule has 0 spiro atoms. The lowest BCUT2D eigenvalue weighted by molar-refractivity contribution is -0.119. The van der Waals surface area contributed by atoms with Crippen molar-refractivity contribution in [3.05, 3.63) is 6.10 Å². The quantitative estimate of drug-likeness (QED) is 0.449. The zero-order valence-corrected chi connectivity index (χ0v) is 3.43. The summed E-state index contributed by atoms with van der Waals surface area (Å²) in [6, 6.07) is 0. The Kier molecular flexibility index (Phi) is 1.60. The highest BCUT2D eigenvalue weighted by Gasteiger charge is 2.00. The smallest absolute Gasteiger partial charge is 0.252 e. The van der Waals surface area contributed by atoms with E-state index in [-0.39, 0.29) is 6.10 Å². The Bertz CT molecular complexity index is 59.8. The Morgan fingerprint density at radius 3 is 2.00 bits per heavy atom. The van der Waals surface area contributed by atoms with E-state index in [1.165, 1.54) is 6.92 Å². The largest absolute Gasteiger partial charge is 0.377 e. The molecule has 1 radical (unpaired) electrons. The van der Waals surface area contributed by atoms with Gasteiger partial charge in [0.15, 0.2) is 6.10 Å². The molecule has 0 heterocycles. The average molecular weight is 88.1 g/mol. The van der Waals surface area contributed by atoms with Gasteiger partial charge in [-0.3, -0.25) is 4.79 Å². The maximum absolute atomic E-state index is 9.63. The number of amides is 1. The summed E-state index contributed by atoms with van der Waals surface area (Å²) in [6.07, 6.45) is -0.352. The molecule has 3 nitrogen and oxygen atoms in total. The van der Waals surface area contributed by atoms with E-state index < -0.39 is 5.91 Å². The minimum Gasteiger partial charge on any atom is -0.377 e. The molecule has 1 amide bonds. The van der Waals surface area contributed by atoms with Crippen molar-refractivity contribution in [1.29, 1.82) is 0 Å². The summed E-state index contributed by atoms with van der Waals surface area (Å²) < 4.78 is 0. The van der Waals surface area contributed by atoms with Crippen molar-refractivity contribution >= 4 is 5.91 Å². The lowest BCUT2D eigenvalue weighted by Crippen LogP contribution is -2.17. The van der Waals surface area contributed by atoms with Gasteiger partial charge in [0.2, 0.25) is 0 Å².